The molecule has 1 atom stereocenters. The Labute approximate surface area is 176 Å². The van der Waals surface area contributed by atoms with Crippen molar-refractivity contribution in [3.63, 3.8) is 0 Å². The molecule has 4 rings (SSSR count). The first-order valence-electron chi connectivity index (χ1n) is 10.4. The molecular formula is C24H27N3O3. The number of carbonyl (C=O) groups excluding carboxylic acids is 2. The van der Waals surface area contributed by atoms with Gasteiger partial charge in [-0.2, -0.15) is 0 Å². The minimum atomic E-state index is -0.128. The first-order chi connectivity index (χ1) is 14.6. The highest BCUT2D eigenvalue weighted by Gasteiger charge is 2.29. The molecule has 156 valence electrons. The van der Waals surface area contributed by atoms with Gasteiger partial charge in [-0.3, -0.25) is 9.59 Å². The first kappa shape index (κ1) is 20.0. The van der Waals surface area contributed by atoms with Gasteiger partial charge in [0.2, 0.25) is 5.91 Å². The molecule has 0 spiro atoms. The Balaban J connectivity index is 1.41. The molecule has 0 radical (unpaired) electrons. The summed E-state index contributed by atoms with van der Waals surface area (Å²) >= 11 is 0. The minimum Gasteiger partial charge on any atom is -0.497 e. The SMILES string of the molecule is CC[C@@H](C(=O)N1CCN(C(=O)c2cc3cc(OC)ccc3[nH]2)CC1)c1ccccc1. The average Bonchev–Trinajstić information content (AvgIpc) is 3.23. The molecule has 1 aliphatic rings. The first-order valence-corrected chi connectivity index (χ1v) is 10.4. The maximum absolute atomic E-state index is 13.1. The monoisotopic (exact) mass is 405 g/mol. The molecule has 0 unspecified atom stereocenters. The Kier molecular flexibility index (Phi) is 5.74. The van der Waals surface area contributed by atoms with E-state index in [1.807, 2.05) is 71.3 Å². The van der Waals surface area contributed by atoms with Crippen LogP contribution in [0, 0.1) is 0 Å². The lowest BCUT2D eigenvalue weighted by Crippen LogP contribution is -2.51. The van der Waals surface area contributed by atoms with Crippen LogP contribution in [0.15, 0.2) is 54.6 Å². The predicted molar refractivity (Wildman–Crippen MR) is 117 cm³/mol. The van der Waals surface area contributed by atoms with Gasteiger partial charge in [0, 0.05) is 37.1 Å². The highest BCUT2D eigenvalue weighted by molar-refractivity contribution is 5.98. The Hall–Kier alpha value is -3.28. The number of nitrogens with zero attached hydrogens (tertiary/aromatic N) is 2. The zero-order valence-electron chi connectivity index (χ0n) is 17.4. The maximum atomic E-state index is 13.1. The molecule has 1 fully saturated rings. The van der Waals surface area contributed by atoms with E-state index in [0.717, 1.165) is 28.6 Å². The van der Waals surface area contributed by atoms with Crippen molar-refractivity contribution in [1.29, 1.82) is 0 Å². The summed E-state index contributed by atoms with van der Waals surface area (Å²) in [6.45, 7) is 4.23. The summed E-state index contributed by atoms with van der Waals surface area (Å²) in [5.74, 6) is 0.745. The van der Waals surface area contributed by atoms with Crippen LogP contribution in [0.3, 0.4) is 0 Å². The summed E-state index contributed by atoms with van der Waals surface area (Å²) < 4.78 is 5.26. The third kappa shape index (κ3) is 3.90. The lowest BCUT2D eigenvalue weighted by Gasteiger charge is -2.36. The van der Waals surface area contributed by atoms with Crippen LogP contribution in [-0.4, -0.2) is 59.9 Å². The van der Waals surface area contributed by atoms with Crippen LogP contribution in [0.25, 0.3) is 10.9 Å². The number of hydrogen-bond donors (Lipinski definition) is 1. The van der Waals surface area contributed by atoms with Crippen molar-refractivity contribution in [2.75, 3.05) is 33.3 Å². The molecule has 1 aliphatic heterocycles. The van der Waals surface area contributed by atoms with Gasteiger partial charge in [-0.25, -0.2) is 0 Å². The number of methoxy groups -OCH3 is 1. The fourth-order valence-electron chi connectivity index (χ4n) is 4.11. The van der Waals surface area contributed by atoms with E-state index in [1.165, 1.54) is 0 Å². The van der Waals surface area contributed by atoms with Gasteiger partial charge in [0.15, 0.2) is 0 Å². The number of amides is 2. The van der Waals surface area contributed by atoms with Crippen LogP contribution in [0.4, 0.5) is 0 Å². The van der Waals surface area contributed by atoms with E-state index < -0.39 is 0 Å². The van der Waals surface area contributed by atoms with Gasteiger partial charge in [0.05, 0.1) is 13.0 Å². The van der Waals surface area contributed by atoms with Crippen LogP contribution in [-0.2, 0) is 4.79 Å². The van der Waals surface area contributed by atoms with Gasteiger partial charge < -0.3 is 19.5 Å². The lowest BCUT2D eigenvalue weighted by molar-refractivity contribution is -0.134. The second-order valence-electron chi connectivity index (χ2n) is 7.63. The number of piperazine rings is 1. The number of ether oxygens (including phenoxy) is 1. The molecule has 0 aliphatic carbocycles. The van der Waals surface area contributed by atoms with Crippen molar-refractivity contribution in [3.8, 4) is 5.75 Å². The van der Waals surface area contributed by atoms with Crippen molar-refractivity contribution in [2.24, 2.45) is 0 Å². The molecule has 2 amide bonds. The molecule has 1 N–H and O–H groups in total. The number of fused-ring (bicyclic) bond motifs is 1. The maximum Gasteiger partial charge on any atom is 0.270 e. The highest BCUT2D eigenvalue weighted by atomic mass is 16.5. The van der Waals surface area contributed by atoms with E-state index in [-0.39, 0.29) is 17.7 Å². The number of nitrogens with one attached hydrogen (secondary N) is 1. The summed E-state index contributed by atoms with van der Waals surface area (Å²) in [5.41, 5.74) is 2.52. The summed E-state index contributed by atoms with van der Waals surface area (Å²) in [5, 5.41) is 0.945. The average molecular weight is 405 g/mol. The second kappa shape index (κ2) is 8.61. The number of H-pyrrole nitrogens is 1. The number of rotatable bonds is 5. The van der Waals surface area contributed by atoms with Gasteiger partial charge in [-0.15, -0.1) is 0 Å². The summed E-state index contributed by atoms with van der Waals surface area (Å²) in [6, 6.07) is 17.5. The van der Waals surface area contributed by atoms with Gasteiger partial charge in [-0.1, -0.05) is 37.3 Å². The molecule has 30 heavy (non-hydrogen) atoms. The zero-order chi connectivity index (χ0) is 21.1. The fourth-order valence-corrected chi connectivity index (χ4v) is 4.11. The van der Waals surface area contributed by atoms with E-state index in [4.69, 9.17) is 4.74 Å². The fraction of sp³-hybridized carbons (Fsp3) is 0.333. The number of aromatic amines is 1. The van der Waals surface area contributed by atoms with E-state index in [1.54, 1.807) is 7.11 Å². The number of benzene rings is 2. The van der Waals surface area contributed by atoms with Crippen LogP contribution in [0.5, 0.6) is 5.75 Å². The predicted octanol–water partition coefficient (Wildman–Crippen LogP) is 3.65. The van der Waals surface area contributed by atoms with Crippen LogP contribution in [0.2, 0.25) is 0 Å². The van der Waals surface area contributed by atoms with Crippen molar-refractivity contribution in [1.82, 2.24) is 14.8 Å². The standard InChI is InChI=1S/C24H27N3O3/c1-3-20(17-7-5-4-6-8-17)23(28)26-11-13-27(14-12-26)24(29)22-16-18-15-19(30-2)9-10-21(18)25-22/h4-10,15-16,20,25H,3,11-14H2,1-2H3/t20-/m1/s1. The quantitative estimate of drug-likeness (QED) is 0.705. The molecule has 1 saturated heterocycles. The normalized spacial score (nSPS) is 15.3. The molecule has 6 nitrogen and oxygen atoms in total. The zero-order valence-corrected chi connectivity index (χ0v) is 17.4. The second-order valence-corrected chi connectivity index (χ2v) is 7.63. The van der Waals surface area contributed by atoms with Crippen LogP contribution >= 0.6 is 0 Å². The Morgan fingerprint density at radius 3 is 2.37 bits per heavy atom. The van der Waals surface area contributed by atoms with E-state index in [0.29, 0.717) is 31.9 Å². The van der Waals surface area contributed by atoms with Crippen molar-refractivity contribution in [2.45, 2.75) is 19.3 Å². The molecule has 0 saturated carbocycles. The molecule has 6 heteroatoms. The number of aromatic nitrogens is 1. The molecule has 1 aromatic heterocycles. The van der Waals surface area contributed by atoms with E-state index in [2.05, 4.69) is 4.98 Å². The Bertz CT molecular complexity index is 1040. The molecule has 3 aromatic rings. The van der Waals surface area contributed by atoms with Crippen molar-refractivity contribution >= 4 is 22.7 Å². The molecule has 2 heterocycles. The third-order valence-corrected chi connectivity index (χ3v) is 5.85. The van der Waals surface area contributed by atoms with Gasteiger partial charge in [0.1, 0.15) is 11.4 Å². The van der Waals surface area contributed by atoms with E-state index >= 15 is 0 Å². The van der Waals surface area contributed by atoms with Crippen molar-refractivity contribution < 1.29 is 14.3 Å². The summed E-state index contributed by atoms with van der Waals surface area (Å²) in [7, 11) is 1.63. The Morgan fingerprint density at radius 1 is 1.00 bits per heavy atom. The summed E-state index contributed by atoms with van der Waals surface area (Å²) in [4.78, 5) is 32.9. The molecular weight excluding hydrogens is 378 g/mol. The van der Waals surface area contributed by atoms with E-state index in [9.17, 15) is 9.59 Å². The number of carbonyl (C=O) groups is 2. The Morgan fingerprint density at radius 2 is 1.70 bits per heavy atom. The van der Waals surface area contributed by atoms with Crippen molar-refractivity contribution in [3.05, 3.63) is 65.9 Å². The topological polar surface area (TPSA) is 65.6 Å². The lowest BCUT2D eigenvalue weighted by atomic mass is 9.95. The third-order valence-electron chi connectivity index (χ3n) is 5.85. The van der Waals surface area contributed by atoms with Gasteiger partial charge in [0.25, 0.3) is 5.91 Å². The van der Waals surface area contributed by atoms with Gasteiger partial charge in [-0.05, 0) is 36.2 Å². The molecule has 0 bridgehead atoms. The largest absolute Gasteiger partial charge is 0.497 e. The molecule has 2 aromatic carbocycles. The number of hydrogen-bond acceptors (Lipinski definition) is 3. The van der Waals surface area contributed by atoms with Crippen LogP contribution < -0.4 is 4.74 Å². The van der Waals surface area contributed by atoms with Gasteiger partial charge >= 0.3 is 0 Å². The highest BCUT2D eigenvalue weighted by Crippen LogP contribution is 2.24. The smallest absolute Gasteiger partial charge is 0.270 e. The minimum absolute atomic E-state index is 0.0348. The summed E-state index contributed by atoms with van der Waals surface area (Å²) in [6.07, 6.45) is 0.764. The van der Waals surface area contributed by atoms with Crippen LogP contribution in [0.1, 0.15) is 35.3 Å².